The first kappa shape index (κ1) is 14.8. The molecule has 0 aliphatic heterocycles. The zero-order chi connectivity index (χ0) is 14.9. The van der Waals surface area contributed by atoms with Crippen molar-refractivity contribution >= 4 is 11.7 Å². The van der Waals surface area contributed by atoms with E-state index in [0.717, 1.165) is 24.2 Å². The van der Waals surface area contributed by atoms with Crippen LogP contribution < -0.4 is 4.90 Å². The Kier molecular flexibility index (Phi) is 4.31. The fourth-order valence-corrected chi connectivity index (χ4v) is 3.30. The van der Waals surface area contributed by atoms with Gasteiger partial charge in [-0.05, 0) is 38.7 Å². The van der Waals surface area contributed by atoms with E-state index in [0.29, 0.717) is 23.2 Å². The molecule has 2 unspecified atom stereocenters. The molecular weight excluding hydrogens is 252 g/mol. The molecule has 0 amide bonds. The van der Waals surface area contributed by atoms with Crippen LogP contribution in [-0.4, -0.2) is 29.1 Å². The van der Waals surface area contributed by atoms with Gasteiger partial charge in [-0.15, -0.1) is 0 Å². The highest BCUT2D eigenvalue weighted by Crippen LogP contribution is 2.32. The van der Waals surface area contributed by atoms with E-state index in [2.05, 4.69) is 16.8 Å². The summed E-state index contributed by atoms with van der Waals surface area (Å²) >= 11 is 0. The standard InChI is InChI=1S/C16H24N2O2/c1-10-6-5-7-13(8-10)18(4)14-9-11(2)17-12(3)15(14)16(19)20/h9-10,13H,5-8H2,1-4H3,(H,19,20). The van der Waals surface area contributed by atoms with Gasteiger partial charge in [0.25, 0.3) is 0 Å². The second-order valence-corrected chi connectivity index (χ2v) is 6.08. The Labute approximate surface area is 120 Å². The highest BCUT2D eigenvalue weighted by atomic mass is 16.4. The number of carboxylic acids is 1. The molecule has 4 nitrogen and oxygen atoms in total. The number of carbonyl (C=O) groups is 1. The summed E-state index contributed by atoms with van der Waals surface area (Å²) in [5, 5.41) is 9.47. The summed E-state index contributed by atoms with van der Waals surface area (Å²) in [6.45, 7) is 5.97. The normalized spacial score (nSPS) is 22.6. The summed E-state index contributed by atoms with van der Waals surface area (Å²) in [5.41, 5.74) is 2.62. The fraction of sp³-hybridized carbons (Fsp3) is 0.625. The molecule has 1 heterocycles. The largest absolute Gasteiger partial charge is 0.478 e. The lowest BCUT2D eigenvalue weighted by molar-refractivity contribution is 0.0696. The molecule has 4 heteroatoms. The van der Waals surface area contributed by atoms with E-state index < -0.39 is 5.97 Å². The molecule has 1 N–H and O–H groups in total. The van der Waals surface area contributed by atoms with E-state index in [4.69, 9.17) is 0 Å². The topological polar surface area (TPSA) is 53.4 Å². The van der Waals surface area contributed by atoms with Crippen molar-refractivity contribution in [2.75, 3.05) is 11.9 Å². The average Bonchev–Trinajstić information content (AvgIpc) is 2.36. The van der Waals surface area contributed by atoms with Crippen LogP contribution in [0.15, 0.2) is 6.07 Å². The summed E-state index contributed by atoms with van der Waals surface area (Å²) in [6, 6.07) is 2.33. The van der Waals surface area contributed by atoms with Crippen LogP contribution in [-0.2, 0) is 0 Å². The highest BCUT2D eigenvalue weighted by molar-refractivity contribution is 5.95. The number of hydrogen-bond acceptors (Lipinski definition) is 3. The number of aryl methyl sites for hydroxylation is 2. The first-order chi connectivity index (χ1) is 9.40. The number of nitrogens with zero attached hydrogens (tertiary/aromatic N) is 2. The molecule has 0 spiro atoms. The molecule has 1 saturated carbocycles. The number of carboxylic acid groups (broad SMARTS) is 1. The lowest BCUT2D eigenvalue weighted by Crippen LogP contribution is -2.36. The minimum atomic E-state index is -0.888. The molecule has 1 aromatic heterocycles. The minimum Gasteiger partial charge on any atom is -0.478 e. The van der Waals surface area contributed by atoms with Crippen molar-refractivity contribution in [3.63, 3.8) is 0 Å². The number of rotatable bonds is 3. The Bertz CT molecular complexity index is 513. The maximum Gasteiger partial charge on any atom is 0.339 e. The SMILES string of the molecule is Cc1cc(N(C)C2CCCC(C)C2)c(C(=O)O)c(C)n1. The third-order valence-electron chi connectivity index (χ3n) is 4.36. The summed E-state index contributed by atoms with van der Waals surface area (Å²) in [7, 11) is 2.02. The van der Waals surface area contributed by atoms with Crippen LogP contribution in [0.4, 0.5) is 5.69 Å². The Morgan fingerprint density at radius 1 is 1.40 bits per heavy atom. The van der Waals surface area contributed by atoms with E-state index in [1.807, 2.05) is 20.0 Å². The van der Waals surface area contributed by atoms with Gasteiger partial charge in [0.1, 0.15) is 5.56 Å². The van der Waals surface area contributed by atoms with Gasteiger partial charge in [-0.1, -0.05) is 19.8 Å². The van der Waals surface area contributed by atoms with E-state index in [1.54, 1.807) is 6.92 Å². The Morgan fingerprint density at radius 3 is 2.70 bits per heavy atom. The summed E-state index contributed by atoms with van der Waals surface area (Å²) in [4.78, 5) is 18.0. The van der Waals surface area contributed by atoms with Gasteiger partial charge < -0.3 is 10.0 Å². The molecule has 20 heavy (non-hydrogen) atoms. The van der Waals surface area contributed by atoms with Crippen molar-refractivity contribution in [1.82, 2.24) is 4.98 Å². The van der Waals surface area contributed by atoms with Gasteiger partial charge >= 0.3 is 5.97 Å². The van der Waals surface area contributed by atoms with Crippen LogP contribution in [0.25, 0.3) is 0 Å². The van der Waals surface area contributed by atoms with Crippen molar-refractivity contribution in [2.24, 2.45) is 5.92 Å². The van der Waals surface area contributed by atoms with Gasteiger partial charge in [-0.3, -0.25) is 4.98 Å². The molecule has 2 rings (SSSR count). The number of hydrogen-bond donors (Lipinski definition) is 1. The quantitative estimate of drug-likeness (QED) is 0.919. The molecule has 2 atom stereocenters. The molecule has 1 aliphatic carbocycles. The van der Waals surface area contributed by atoms with E-state index >= 15 is 0 Å². The Hall–Kier alpha value is -1.58. The zero-order valence-corrected chi connectivity index (χ0v) is 12.8. The highest BCUT2D eigenvalue weighted by Gasteiger charge is 2.26. The molecule has 0 bridgehead atoms. The molecule has 1 fully saturated rings. The number of pyridine rings is 1. The number of aromatic nitrogens is 1. The third-order valence-corrected chi connectivity index (χ3v) is 4.36. The molecule has 110 valence electrons. The fourth-order valence-electron chi connectivity index (χ4n) is 3.30. The van der Waals surface area contributed by atoms with E-state index in [-0.39, 0.29) is 0 Å². The van der Waals surface area contributed by atoms with Crippen LogP contribution in [0.5, 0.6) is 0 Å². The summed E-state index contributed by atoms with van der Waals surface area (Å²) in [6.07, 6.45) is 4.78. The van der Waals surface area contributed by atoms with Crippen molar-refractivity contribution in [2.45, 2.75) is 52.5 Å². The Balaban J connectivity index is 2.37. The molecule has 0 aromatic carbocycles. The van der Waals surface area contributed by atoms with Crippen molar-refractivity contribution in [1.29, 1.82) is 0 Å². The van der Waals surface area contributed by atoms with Crippen LogP contribution in [0.3, 0.4) is 0 Å². The lowest BCUT2D eigenvalue weighted by atomic mass is 9.86. The van der Waals surface area contributed by atoms with Gasteiger partial charge in [0.15, 0.2) is 0 Å². The van der Waals surface area contributed by atoms with Gasteiger partial charge in [0, 0.05) is 18.8 Å². The number of anilines is 1. The number of aromatic carboxylic acids is 1. The predicted molar refractivity (Wildman–Crippen MR) is 80.5 cm³/mol. The van der Waals surface area contributed by atoms with Gasteiger partial charge in [0.2, 0.25) is 0 Å². The van der Waals surface area contributed by atoms with Crippen LogP contribution in [0.1, 0.15) is 54.4 Å². The maximum atomic E-state index is 11.5. The summed E-state index contributed by atoms with van der Waals surface area (Å²) < 4.78 is 0. The minimum absolute atomic E-state index is 0.344. The molecule has 0 radical (unpaired) electrons. The van der Waals surface area contributed by atoms with E-state index in [9.17, 15) is 9.90 Å². The van der Waals surface area contributed by atoms with Crippen LogP contribution >= 0.6 is 0 Å². The third kappa shape index (κ3) is 2.94. The van der Waals surface area contributed by atoms with Crippen LogP contribution in [0.2, 0.25) is 0 Å². The van der Waals surface area contributed by atoms with E-state index in [1.165, 1.54) is 12.8 Å². The lowest BCUT2D eigenvalue weighted by Gasteiger charge is -2.36. The van der Waals surface area contributed by atoms with Gasteiger partial charge in [-0.25, -0.2) is 4.79 Å². The molecular formula is C16H24N2O2. The monoisotopic (exact) mass is 276 g/mol. The zero-order valence-electron chi connectivity index (χ0n) is 12.8. The van der Waals surface area contributed by atoms with Crippen molar-refractivity contribution < 1.29 is 9.90 Å². The average molecular weight is 276 g/mol. The first-order valence-corrected chi connectivity index (χ1v) is 7.34. The van der Waals surface area contributed by atoms with Gasteiger partial charge in [-0.2, -0.15) is 0 Å². The predicted octanol–water partition coefficient (Wildman–Crippen LogP) is 3.41. The summed E-state index contributed by atoms with van der Waals surface area (Å²) in [5.74, 6) is -0.172. The van der Waals surface area contributed by atoms with Crippen molar-refractivity contribution in [3.05, 3.63) is 23.0 Å². The van der Waals surface area contributed by atoms with Gasteiger partial charge in [0.05, 0.1) is 11.4 Å². The second-order valence-electron chi connectivity index (χ2n) is 6.08. The first-order valence-electron chi connectivity index (χ1n) is 7.34. The smallest absolute Gasteiger partial charge is 0.339 e. The van der Waals surface area contributed by atoms with Crippen LogP contribution in [0, 0.1) is 19.8 Å². The second kappa shape index (κ2) is 5.81. The Morgan fingerprint density at radius 2 is 2.10 bits per heavy atom. The molecule has 0 saturated heterocycles. The molecule has 1 aliphatic rings. The maximum absolute atomic E-state index is 11.5. The van der Waals surface area contributed by atoms with Crippen molar-refractivity contribution in [3.8, 4) is 0 Å². The molecule has 1 aromatic rings.